The van der Waals surface area contributed by atoms with Gasteiger partial charge in [0.1, 0.15) is 11.4 Å². The molecule has 1 fully saturated rings. The van der Waals surface area contributed by atoms with Crippen LogP contribution in [-0.4, -0.2) is 37.6 Å². The van der Waals surface area contributed by atoms with E-state index in [0.29, 0.717) is 12.6 Å². The molecule has 1 atom stereocenters. The van der Waals surface area contributed by atoms with Gasteiger partial charge in [-0.15, -0.1) is 0 Å². The molecule has 0 radical (unpaired) electrons. The zero-order chi connectivity index (χ0) is 16.5. The Labute approximate surface area is 140 Å². The summed E-state index contributed by atoms with van der Waals surface area (Å²) in [6.45, 7) is 4.29. The van der Waals surface area contributed by atoms with E-state index in [4.69, 9.17) is 4.63 Å². The van der Waals surface area contributed by atoms with Crippen molar-refractivity contribution in [1.29, 1.82) is 0 Å². The van der Waals surface area contributed by atoms with Gasteiger partial charge in [0.25, 0.3) is 5.56 Å². The van der Waals surface area contributed by atoms with Crippen LogP contribution in [0.15, 0.2) is 15.5 Å². The van der Waals surface area contributed by atoms with E-state index in [2.05, 4.69) is 20.3 Å². The van der Waals surface area contributed by atoms with E-state index in [1.54, 1.807) is 10.7 Å². The Kier molecular flexibility index (Phi) is 4.18. The third-order valence-corrected chi connectivity index (χ3v) is 5.26. The van der Waals surface area contributed by atoms with Crippen LogP contribution in [0.4, 0.5) is 0 Å². The molecule has 0 spiro atoms. The standard InChI is InChI=1S/C17H23N5O2/c1-12-16(20-24-19-12)11-21-8-4-6-14(21)10-22-17(23)9-13-5-2-3-7-15(13)18-22/h9,14H,2-8,10-11H2,1H3. The van der Waals surface area contributed by atoms with Gasteiger partial charge in [-0.05, 0) is 57.6 Å². The highest BCUT2D eigenvalue weighted by Crippen LogP contribution is 2.22. The van der Waals surface area contributed by atoms with Gasteiger partial charge >= 0.3 is 0 Å². The largest absolute Gasteiger partial charge is 0.293 e. The molecule has 0 saturated carbocycles. The molecule has 7 nitrogen and oxygen atoms in total. The SMILES string of the molecule is Cc1nonc1CN1CCCC1Cn1nc2c(cc1=O)CCCC2. The summed E-state index contributed by atoms with van der Waals surface area (Å²) in [6.07, 6.45) is 6.54. The Balaban J connectivity index is 1.52. The smallest absolute Gasteiger partial charge is 0.267 e. The molecule has 128 valence electrons. The molecule has 0 N–H and O–H groups in total. The number of fused-ring (bicyclic) bond motifs is 1. The minimum atomic E-state index is 0.0294. The van der Waals surface area contributed by atoms with Crippen LogP contribution in [0, 0.1) is 6.92 Å². The minimum absolute atomic E-state index is 0.0294. The maximum atomic E-state index is 12.4. The van der Waals surface area contributed by atoms with Gasteiger partial charge in [-0.1, -0.05) is 10.3 Å². The minimum Gasteiger partial charge on any atom is -0.293 e. The Bertz CT molecular complexity index is 782. The molecular weight excluding hydrogens is 306 g/mol. The zero-order valence-electron chi connectivity index (χ0n) is 14.1. The zero-order valence-corrected chi connectivity index (χ0v) is 14.1. The molecule has 24 heavy (non-hydrogen) atoms. The van der Waals surface area contributed by atoms with Crippen LogP contribution in [0.5, 0.6) is 0 Å². The van der Waals surface area contributed by atoms with Crippen molar-refractivity contribution >= 4 is 0 Å². The second kappa shape index (κ2) is 6.47. The molecular formula is C17H23N5O2. The topological polar surface area (TPSA) is 77.1 Å². The van der Waals surface area contributed by atoms with Crippen LogP contribution < -0.4 is 5.56 Å². The molecule has 0 aromatic carbocycles. The summed E-state index contributed by atoms with van der Waals surface area (Å²) in [5.41, 5.74) is 4.01. The summed E-state index contributed by atoms with van der Waals surface area (Å²) >= 11 is 0. The van der Waals surface area contributed by atoms with Crippen LogP contribution in [-0.2, 0) is 25.9 Å². The van der Waals surface area contributed by atoms with Crippen molar-refractivity contribution in [3.8, 4) is 0 Å². The van der Waals surface area contributed by atoms with Crippen LogP contribution in [0.25, 0.3) is 0 Å². The molecule has 3 heterocycles. The third-order valence-electron chi connectivity index (χ3n) is 5.26. The molecule has 1 saturated heterocycles. The first-order valence-corrected chi connectivity index (χ1v) is 8.83. The predicted octanol–water partition coefficient (Wildman–Crippen LogP) is 1.48. The van der Waals surface area contributed by atoms with Crippen LogP contribution in [0.1, 0.15) is 48.3 Å². The molecule has 4 rings (SSSR count). The number of nitrogens with zero attached hydrogens (tertiary/aromatic N) is 5. The Morgan fingerprint density at radius 3 is 2.96 bits per heavy atom. The third kappa shape index (κ3) is 3.00. The monoisotopic (exact) mass is 329 g/mol. The lowest BCUT2D eigenvalue weighted by molar-refractivity contribution is 0.208. The summed E-state index contributed by atoms with van der Waals surface area (Å²) in [4.78, 5) is 14.8. The lowest BCUT2D eigenvalue weighted by Crippen LogP contribution is -2.37. The van der Waals surface area contributed by atoms with Gasteiger partial charge in [-0.2, -0.15) is 5.10 Å². The Morgan fingerprint density at radius 2 is 2.12 bits per heavy atom. The van der Waals surface area contributed by atoms with Crippen molar-refractivity contribution < 1.29 is 4.63 Å². The molecule has 1 unspecified atom stereocenters. The van der Waals surface area contributed by atoms with Crippen LogP contribution in [0.3, 0.4) is 0 Å². The Hall–Kier alpha value is -2.02. The van der Waals surface area contributed by atoms with E-state index in [9.17, 15) is 4.79 Å². The number of aromatic nitrogens is 4. The molecule has 2 aromatic rings. The Morgan fingerprint density at radius 1 is 1.25 bits per heavy atom. The number of rotatable bonds is 4. The van der Waals surface area contributed by atoms with Gasteiger partial charge in [-0.25, -0.2) is 9.31 Å². The quantitative estimate of drug-likeness (QED) is 0.845. The van der Waals surface area contributed by atoms with Gasteiger partial charge in [0.05, 0.1) is 12.2 Å². The van der Waals surface area contributed by atoms with Gasteiger partial charge in [0, 0.05) is 18.7 Å². The molecule has 7 heteroatoms. The van der Waals surface area contributed by atoms with Crippen molar-refractivity contribution in [2.24, 2.45) is 0 Å². The lowest BCUT2D eigenvalue weighted by atomic mass is 9.97. The first-order chi connectivity index (χ1) is 11.7. The van der Waals surface area contributed by atoms with Gasteiger partial charge in [0.15, 0.2) is 0 Å². The second-order valence-electron chi connectivity index (χ2n) is 6.91. The highest BCUT2D eigenvalue weighted by molar-refractivity contribution is 5.20. The normalized spacial score (nSPS) is 21.1. The van der Waals surface area contributed by atoms with Crippen LogP contribution >= 0.6 is 0 Å². The maximum absolute atomic E-state index is 12.4. The predicted molar refractivity (Wildman–Crippen MR) is 87.6 cm³/mol. The van der Waals surface area contributed by atoms with Crippen LogP contribution in [0.2, 0.25) is 0 Å². The lowest BCUT2D eigenvalue weighted by Gasteiger charge is -2.24. The fourth-order valence-electron chi connectivity index (χ4n) is 3.83. The molecule has 0 bridgehead atoms. The maximum Gasteiger partial charge on any atom is 0.267 e. The number of hydrogen-bond donors (Lipinski definition) is 0. The van der Waals surface area contributed by atoms with E-state index in [1.807, 2.05) is 6.92 Å². The summed E-state index contributed by atoms with van der Waals surface area (Å²) in [5, 5.41) is 12.5. The summed E-state index contributed by atoms with van der Waals surface area (Å²) in [6, 6.07) is 2.11. The molecule has 1 aliphatic heterocycles. The van der Waals surface area contributed by atoms with Crippen molar-refractivity contribution in [2.45, 2.75) is 64.6 Å². The highest BCUT2D eigenvalue weighted by Gasteiger charge is 2.27. The van der Waals surface area contributed by atoms with E-state index >= 15 is 0 Å². The summed E-state index contributed by atoms with van der Waals surface area (Å²) in [5.74, 6) is 0. The van der Waals surface area contributed by atoms with E-state index in [0.717, 1.165) is 61.4 Å². The highest BCUT2D eigenvalue weighted by atomic mass is 16.6. The molecule has 1 aliphatic carbocycles. The fraction of sp³-hybridized carbons (Fsp3) is 0.647. The van der Waals surface area contributed by atoms with Gasteiger partial charge in [0.2, 0.25) is 0 Å². The fourth-order valence-corrected chi connectivity index (χ4v) is 3.83. The first-order valence-electron chi connectivity index (χ1n) is 8.83. The van der Waals surface area contributed by atoms with E-state index < -0.39 is 0 Å². The van der Waals surface area contributed by atoms with E-state index in [-0.39, 0.29) is 5.56 Å². The van der Waals surface area contributed by atoms with E-state index in [1.165, 1.54) is 12.8 Å². The number of hydrogen-bond acceptors (Lipinski definition) is 6. The first kappa shape index (κ1) is 15.5. The second-order valence-corrected chi connectivity index (χ2v) is 6.91. The summed E-state index contributed by atoms with van der Waals surface area (Å²) in [7, 11) is 0. The number of likely N-dealkylation sites (tertiary alicyclic amines) is 1. The number of aryl methyl sites for hydroxylation is 3. The van der Waals surface area contributed by atoms with Crippen molar-refractivity contribution in [1.82, 2.24) is 25.0 Å². The molecule has 2 aromatic heterocycles. The molecule has 0 amide bonds. The van der Waals surface area contributed by atoms with Gasteiger partial charge in [-0.3, -0.25) is 9.69 Å². The summed E-state index contributed by atoms with van der Waals surface area (Å²) < 4.78 is 6.46. The molecule has 2 aliphatic rings. The van der Waals surface area contributed by atoms with Crippen molar-refractivity contribution in [2.75, 3.05) is 6.54 Å². The van der Waals surface area contributed by atoms with Gasteiger partial charge < -0.3 is 0 Å². The average Bonchev–Trinajstić information content (AvgIpc) is 3.18. The van der Waals surface area contributed by atoms with Crippen molar-refractivity contribution in [3.63, 3.8) is 0 Å². The van der Waals surface area contributed by atoms with Crippen molar-refractivity contribution in [3.05, 3.63) is 39.1 Å². The average molecular weight is 329 g/mol.